The highest BCUT2D eigenvalue weighted by Gasteiger charge is 2.31. The van der Waals surface area contributed by atoms with Gasteiger partial charge in [0.25, 0.3) is 0 Å². The van der Waals surface area contributed by atoms with Gasteiger partial charge in [-0.15, -0.1) is 0 Å². The molecule has 0 aliphatic carbocycles. The van der Waals surface area contributed by atoms with Crippen molar-refractivity contribution in [3.8, 4) is 0 Å². The van der Waals surface area contributed by atoms with Gasteiger partial charge in [-0.2, -0.15) is 13.2 Å². The van der Waals surface area contributed by atoms with E-state index in [0.29, 0.717) is 19.8 Å². The van der Waals surface area contributed by atoms with Crippen molar-refractivity contribution in [3.63, 3.8) is 0 Å². The number of nitrogens with zero attached hydrogens (tertiary/aromatic N) is 2. The first-order valence-electron chi connectivity index (χ1n) is 6.33. The van der Waals surface area contributed by atoms with Gasteiger partial charge in [0.05, 0.1) is 24.5 Å². The molecular formula is C12H17F3N4O. The topological polar surface area (TPSA) is 63.4 Å². The minimum atomic E-state index is -4.42. The molecule has 0 amide bonds. The second-order valence-corrected chi connectivity index (χ2v) is 4.54. The SMILES string of the molecule is Nc1cc(C(F)(F)F)cnc1NCCN1CCOCC1. The Labute approximate surface area is 114 Å². The molecule has 0 saturated carbocycles. The summed E-state index contributed by atoms with van der Waals surface area (Å²) < 4.78 is 42.6. The summed E-state index contributed by atoms with van der Waals surface area (Å²) in [6.45, 7) is 4.48. The molecule has 3 N–H and O–H groups in total. The van der Waals surface area contributed by atoms with Crippen LogP contribution in [0, 0.1) is 0 Å². The predicted octanol–water partition coefficient (Wildman–Crippen LogP) is 1.43. The fourth-order valence-corrected chi connectivity index (χ4v) is 1.94. The monoisotopic (exact) mass is 290 g/mol. The minimum Gasteiger partial charge on any atom is -0.396 e. The van der Waals surface area contributed by atoms with E-state index in [1.165, 1.54) is 0 Å². The van der Waals surface area contributed by atoms with E-state index >= 15 is 0 Å². The molecular weight excluding hydrogens is 273 g/mol. The lowest BCUT2D eigenvalue weighted by Gasteiger charge is -2.26. The van der Waals surface area contributed by atoms with Gasteiger partial charge in [0, 0.05) is 32.4 Å². The minimum absolute atomic E-state index is 0.00167. The van der Waals surface area contributed by atoms with Crippen molar-refractivity contribution in [3.05, 3.63) is 17.8 Å². The van der Waals surface area contributed by atoms with Gasteiger partial charge in [-0.05, 0) is 6.07 Å². The summed E-state index contributed by atoms with van der Waals surface area (Å²) in [6, 6.07) is 0.893. The number of morpholine rings is 1. The molecule has 0 radical (unpaired) electrons. The molecule has 8 heteroatoms. The second kappa shape index (κ2) is 6.27. The number of ether oxygens (including phenoxy) is 1. The van der Waals surface area contributed by atoms with Gasteiger partial charge in [-0.25, -0.2) is 4.98 Å². The Morgan fingerprint density at radius 3 is 2.65 bits per heavy atom. The van der Waals surface area contributed by atoms with E-state index in [-0.39, 0.29) is 11.5 Å². The molecule has 1 aromatic rings. The third-order valence-corrected chi connectivity index (χ3v) is 3.07. The first-order valence-corrected chi connectivity index (χ1v) is 6.33. The summed E-state index contributed by atoms with van der Waals surface area (Å²) in [4.78, 5) is 5.93. The number of alkyl halides is 3. The van der Waals surface area contributed by atoms with Crippen molar-refractivity contribution in [2.75, 3.05) is 50.4 Å². The fourth-order valence-electron chi connectivity index (χ4n) is 1.94. The van der Waals surface area contributed by atoms with Gasteiger partial charge in [0.2, 0.25) is 0 Å². The Bertz CT molecular complexity index is 447. The maximum Gasteiger partial charge on any atom is 0.417 e. The van der Waals surface area contributed by atoms with Crippen LogP contribution >= 0.6 is 0 Å². The highest BCUT2D eigenvalue weighted by atomic mass is 19.4. The molecule has 1 aliphatic heterocycles. The molecule has 2 rings (SSSR count). The zero-order valence-electron chi connectivity index (χ0n) is 10.9. The maximum absolute atomic E-state index is 12.5. The third-order valence-electron chi connectivity index (χ3n) is 3.07. The quantitative estimate of drug-likeness (QED) is 0.878. The molecule has 5 nitrogen and oxygen atoms in total. The zero-order valence-corrected chi connectivity index (χ0v) is 10.9. The molecule has 1 fully saturated rings. The number of nitrogens with two attached hydrogens (primary N) is 1. The molecule has 1 saturated heterocycles. The average Bonchev–Trinajstić information content (AvgIpc) is 2.40. The van der Waals surface area contributed by atoms with Crippen molar-refractivity contribution < 1.29 is 17.9 Å². The number of aromatic nitrogens is 1. The number of nitrogen functional groups attached to an aromatic ring is 1. The first-order chi connectivity index (χ1) is 9.47. The number of anilines is 2. The average molecular weight is 290 g/mol. The number of rotatable bonds is 4. The molecule has 0 unspecified atom stereocenters. The van der Waals surface area contributed by atoms with E-state index in [2.05, 4.69) is 15.2 Å². The van der Waals surface area contributed by atoms with Crippen LogP contribution in [0.4, 0.5) is 24.7 Å². The third kappa shape index (κ3) is 3.97. The van der Waals surface area contributed by atoms with E-state index in [1.807, 2.05) is 0 Å². The lowest BCUT2D eigenvalue weighted by Crippen LogP contribution is -2.39. The molecule has 0 aromatic carbocycles. The van der Waals surface area contributed by atoms with E-state index in [0.717, 1.165) is 31.9 Å². The van der Waals surface area contributed by atoms with Crippen molar-refractivity contribution in [2.24, 2.45) is 0 Å². The Morgan fingerprint density at radius 1 is 1.35 bits per heavy atom. The Morgan fingerprint density at radius 2 is 2.05 bits per heavy atom. The lowest BCUT2D eigenvalue weighted by atomic mass is 10.2. The number of pyridine rings is 1. The highest BCUT2D eigenvalue weighted by molar-refractivity contribution is 5.62. The van der Waals surface area contributed by atoms with E-state index in [1.54, 1.807) is 0 Å². The largest absolute Gasteiger partial charge is 0.417 e. The fraction of sp³-hybridized carbons (Fsp3) is 0.583. The molecule has 1 aromatic heterocycles. The van der Waals surface area contributed by atoms with E-state index < -0.39 is 11.7 Å². The molecule has 112 valence electrons. The van der Waals surface area contributed by atoms with Crippen LogP contribution in [0.2, 0.25) is 0 Å². The van der Waals surface area contributed by atoms with Gasteiger partial charge in [0.1, 0.15) is 5.82 Å². The second-order valence-electron chi connectivity index (χ2n) is 4.54. The van der Waals surface area contributed by atoms with Crippen LogP contribution in [0.3, 0.4) is 0 Å². The van der Waals surface area contributed by atoms with Crippen LogP contribution in [0.5, 0.6) is 0 Å². The summed E-state index contributed by atoms with van der Waals surface area (Å²) >= 11 is 0. The smallest absolute Gasteiger partial charge is 0.396 e. The molecule has 20 heavy (non-hydrogen) atoms. The maximum atomic E-state index is 12.5. The molecule has 0 bridgehead atoms. The summed E-state index contributed by atoms with van der Waals surface area (Å²) in [5.74, 6) is 0.284. The van der Waals surface area contributed by atoms with Crippen LogP contribution in [0.15, 0.2) is 12.3 Å². The Balaban J connectivity index is 1.86. The van der Waals surface area contributed by atoms with Gasteiger partial charge in [-0.3, -0.25) is 4.90 Å². The summed E-state index contributed by atoms with van der Waals surface area (Å²) in [5, 5.41) is 2.95. The summed E-state index contributed by atoms with van der Waals surface area (Å²) in [6.07, 6.45) is -3.64. The van der Waals surface area contributed by atoms with Crippen molar-refractivity contribution in [1.82, 2.24) is 9.88 Å². The van der Waals surface area contributed by atoms with Crippen LogP contribution in [0.25, 0.3) is 0 Å². The van der Waals surface area contributed by atoms with Crippen LogP contribution in [0.1, 0.15) is 5.56 Å². The van der Waals surface area contributed by atoms with Gasteiger partial charge in [-0.1, -0.05) is 0 Å². The van der Waals surface area contributed by atoms with Crippen molar-refractivity contribution in [1.29, 1.82) is 0 Å². The lowest BCUT2D eigenvalue weighted by molar-refractivity contribution is -0.137. The van der Waals surface area contributed by atoms with Crippen LogP contribution in [-0.2, 0) is 10.9 Å². The Hall–Kier alpha value is -1.54. The summed E-state index contributed by atoms with van der Waals surface area (Å²) in [5.41, 5.74) is 4.74. The van der Waals surface area contributed by atoms with Crippen LogP contribution in [-0.4, -0.2) is 49.3 Å². The number of hydrogen-bond acceptors (Lipinski definition) is 5. The molecule has 0 spiro atoms. The van der Waals surface area contributed by atoms with Gasteiger partial charge < -0.3 is 15.8 Å². The molecule has 2 heterocycles. The van der Waals surface area contributed by atoms with Crippen molar-refractivity contribution in [2.45, 2.75) is 6.18 Å². The summed E-state index contributed by atoms with van der Waals surface area (Å²) in [7, 11) is 0. The van der Waals surface area contributed by atoms with Gasteiger partial charge in [0.15, 0.2) is 0 Å². The standard InChI is InChI=1S/C12H17F3N4O/c13-12(14,15)9-7-10(16)11(18-8-9)17-1-2-19-3-5-20-6-4-19/h7-8H,1-6,16H2,(H,17,18). The molecule has 0 atom stereocenters. The first kappa shape index (κ1) is 14.9. The Kier molecular flexibility index (Phi) is 4.66. The van der Waals surface area contributed by atoms with Gasteiger partial charge >= 0.3 is 6.18 Å². The zero-order chi connectivity index (χ0) is 14.6. The predicted molar refractivity (Wildman–Crippen MR) is 69.4 cm³/mol. The number of hydrogen-bond donors (Lipinski definition) is 2. The van der Waals surface area contributed by atoms with Crippen molar-refractivity contribution >= 4 is 11.5 Å². The normalized spacial score (nSPS) is 17.1. The van der Waals surface area contributed by atoms with E-state index in [9.17, 15) is 13.2 Å². The van der Waals surface area contributed by atoms with E-state index in [4.69, 9.17) is 10.5 Å². The number of nitrogens with one attached hydrogen (secondary N) is 1. The highest BCUT2D eigenvalue weighted by Crippen LogP contribution is 2.31. The number of halogens is 3. The molecule has 1 aliphatic rings. The van der Waals surface area contributed by atoms with Crippen LogP contribution < -0.4 is 11.1 Å².